The van der Waals surface area contributed by atoms with Gasteiger partial charge < -0.3 is 10.1 Å². The zero-order chi connectivity index (χ0) is 20.1. The molecule has 0 aliphatic rings. The third-order valence-electron chi connectivity index (χ3n) is 3.90. The number of para-hydroxylation sites is 1. The van der Waals surface area contributed by atoms with Gasteiger partial charge in [-0.05, 0) is 23.8 Å². The predicted octanol–water partition coefficient (Wildman–Crippen LogP) is 1.51. The quantitative estimate of drug-likeness (QED) is 0.552. The minimum absolute atomic E-state index is 0.0749. The molecule has 3 aromatic rings. The number of nitrogens with zero attached hydrogens (tertiary/aromatic N) is 1. The van der Waals surface area contributed by atoms with E-state index >= 15 is 0 Å². The lowest BCUT2D eigenvalue weighted by Gasteiger charge is -2.13. The number of carboxylic acid groups (broad SMARTS) is 1. The maximum absolute atomic E-state index is 12.2. The Balaban J connectivity index is 1.81. The number of sulfonamides is 1. The summed E-state index contributed by atoms with van der Waals surface area (Å²) in [4.78, 5) is 30.3. The molecule has 0 bridgehead atoms. The van der Waals surface area contributed by atoms with Crippen molar-refractivity contribution >= 4 is 33.0 Å². The van der Waals surface area contributed by atoms with Crippen LogP contribution in [0.15, 0.2) is 64.8 Å². The number of benzene rings is 2. The molecular weight excluding hydrogens is 382 g/mol. The number of carboxylic acids is 1. The molecule has 8 nitrogen and oxygen atoms in total. The van der Waals surface area contributed by atoms with Gasteiger partial charge in [-0.2, -0.15) is 4.72 Å². The molecule has 9 heteroatoms. The molecule has 0 spiro atoms. The zero-order valence-electron chi connectivity index (χ0n) is 14.6. The Morgan fingerprint density at radius 2 is 1.82 bits per heavy atom. The smallest absolute Gasteiger partial charge is 0.322 e. The summed E-state index contributed by atoms with van der Waals surface area (Å²) in [5, 5.41) is 10.7. The highest BCUT2D eigenvalue weighted by Gasteiger charge is 2.24. The van der Waals surface area contributed by atoms with Gasteiger partial charge >= 0.3 is 5.97 Å². The first-order valence-electron chi connectivity index (χ1n) is 8.30. The Morgan fingerprint density at radius 3 is 2.54 bits per heavy atom. The van der Waals surface area contributed by atoms with Crippen LogP contribution in [0.4, 0.5) is 0 Å². The van der Waals surface area contributed by atoms with Crippen LogP contribution in [0.5, 0.6) is 0 Å². The lowest BCUT2D eigenvalue weighted by molar-refractivity contribution is -0.138. The van der Waals surface area contributed by atoms with E-state index in [1.54, 1.807) is 54.6 Å². The first kappa shape index (κ1) is 19.5. The van der Waals surface area contributed by atoms with Crippen LogP contribution in [0.2, 0.25) is 0 Å². The normalized spacial score (nSPS) is 13.0. The van der Waals surface area contributed by atoms with E-state index < -0.39 is 27.6 Å². The van der Waals surface area contributed by atoms with E-state index in [-0.39, 0.29) is 12.2 Å². The highest BCUT2D eigenvalue weighted by Crippen LogP contribution is 2.08. The second kappa shape index (κ2) is 8.15. The van der Waals surface area contributed by atoms with Crippen molar-refractivity contribution in [1.82, 2.24) is 14.7 Å². The van der Waals surface area contributed by atoms with Crippen molar-refractivity contribution in [2.24, 2.45) is 0 Å². The van der Waals surface area contributed by atoms with Gasteiger partial charge in [0.2, 0.25) is 10.0 Å². The average molecular weight is 399 g/mol. The van der Waals surface area contributed by atoms with Crippen LogP contribution in [0.1, 0.15) is 11.4 Å². The van der Waals surface area contributed by atoms with Crippen LogP contribution in [-0.2, 0) is 21.2 Å². The summed E-state index contributed by atoms with van der Waals surface area (Å²) in [7, 11) is -4.03. The van der Waals surface area contributed by atoms with E-state index in [1.807, 2.05) is 0 Å². The number of nitrogens with one attached hydrogen (secondary N) is 2. The molecule has 0 fully saturated rings. The molecule has 0 aliphatic carbocycles. The van der Waals surface area contributed by atoms with Gasteiger partial charge in [0.1, 0.15) is 11.9 Å². The van der Waals surface area contributed by atoms with Gasteiger partial charge in [0.25, 0.3) is 5.56 Å². The maximum Gasteiger partial charge on any atom is 0.322 e. The van der Waals surface area contributed by atoms with Gasteiger partial charge in [-0.25, -0.2) is 13.4 Å². The van der Waals surface area contributed by atoms with E-state index in [2.05, 4.69) is 14.7 Å². The summed E-state index contributed by atoms with van der Waals surface area (Å²) in [6, 6.07) is 13.8. The summed E-state index contributed by atoms with van der Waals surface area (Å²) in [6.07, 6.45) is 1.05. The van der Waals surface area contributed by atoms with Gasteiger partial charge in [-0.1, -0.05) is 42.5 Å². The fraction of sp³-hybridized carbons (Fsp3) is 0.105. The molecule has 3 rings (SSSR count). The van der Waals surface area contributed by atoms with Gasteiger partial charge in [0.05, 0.1) is 10.9 Å². The van der Waals surface area contributed by atoms with E-state index in [4.69, 9.17) is 0 Å². The molecule has 0 saturated carbocycles. The second-order valence-corrected chi connectivity index (χ2v) is 7.60. The standard InChI is InChI=1S/C19H17N3O5S/c23-18-14-8-4-5-9-15(14)20-17(21-18)12-16(19(24)25)22-28(26,27)11-10-13-6-2-1-3-7-13/h1-11,16,22H,12H2,(H,24,25)(H,20,21,23)/b11-10+/t16-/m0/s1. The molecule has 2 aromatic carbocycles. The third kappa shape index (κ3) is 4.90. The number of aromatic nitrogens is 2. The van der Waals surface area contributed by atoms with Gasteiger partial charge in [0, 0.05) is 11.8 Å². The number of carbonyl (C=O) groups is 1. The zero-order valence-corrected chi connectivity index (χ0v) is 15.4. The number of hydrogen-bond donors (Lipinski definition) is 3. The van der Waals surface area contributed by atoms with Gasteiger partial charge in [-0.3, -0.25) is 9.59 Å². The van der Waals surface area contributed by atoms with E-state index in [0.29, 0.717) is 16.5 Å². The molecule has 0 amide bonds. The van der Waals surface area contributed by atoms with Crippen molar-refractivity contribution in [2.45, 2.75) is 12.5 Å². The highest BCUT2D eigenvalue weighted by molar-refractivity contribution is 7.92. The summed E-state index contributed by atoms with van der Waals surface area (Å²) in [5.74, 6) is -1.31. The second-order valence-electron chi connectivity index (χ2n) is 6.00. The Kier molecular flexibility index (Phi) is 5.67. The molecule has 0 aliphatic heterocycles. The molecule has 3 N–H and O–H groups in total. The topological polar surface area (TPSA) is 129 Å². The molecule has 28 heavy (non-hydrogen) atoms. The average Bonchev–Trinajstić information content (AvgIpc) is 2.67. The van der Waals surface area contributed by atoms with Crippen LogP contribution >= 0.6 is 0 Å². The molecule has 144 valence electrons. The molecule has 0 radical (unpaired) electrons. The summed E-state index contributed by atoms with van der Waals surface area (Å²) in [6.45, 7) is 0. The van der Waals surface area contributed by atoms with Crippen LogP contribution in [-0.4, -0.2) is 35.5 Å². The first-order chi connectivity index (χ1) is 13.3. The lowest BCUT2D eigenvalue weighted by atomic mass is 10.2. The van der Waals surface area contributed by atoms with Crippen molar-refractivity contribution in [3.63, 3.8) is 0 Å². The fourth-order valence-corrected chi connectivity index (χ4v) is 3.57. The largest absolute Gasteiger partial charge is 0.480 e. The van der Waals surface area contributed by atoms with E-state index in [1.165, 1.54) is 6.08 Å². The maximum atomic E-state index is 12.2. The molecule has 0 unspecified atom stereocenters. The molecule has 1 heterocycles. The minimum atomic E-state index is -4.03. The molecule has 1 aromatic heterocycles. The number of hydrogen-bond acceptors (Lipinski definition) is 5. The number of aliphatic carboxylic acids is 1. The van der Waals surface area contributed by atoms with E-state index in [0.717, 1.165) is 5.41 Å². The Labute approximate surface area is 160 Å². The van der Waals surface area contributed by atoms with Crippen LogP contribution < -0.4 is 10.3 Å². The van der Waals surface area contributed by atoms with E-state index in [9.17, 15) is 23.1 Å². The van der Waals surface area contributed by atoms with Crippen molar-refractivity contribution < 1.29 is 18.3 Å². The lowest BCUT2D eigenvalue weighted by Crippen LogP contribution is -2.42. The van der Waals surface area contributed by atoms with Crippen LogP contribution in [0, 0.1) is 0 Å². The van der Waals surface area contributed by atoms with Crippen molar-refractivity contribution in [3.8, 4) is 0 Å². The van der Waals surface area contributed by atoms with Crippen molar-refractivity contribution in [3.05, 3.63) is 81.7 Å². The highest BCUT2D eigenvalue weighted by atomic mass is 32.2. The number of rotatable bonds is 7. The van der Waals surface area contributed by atoms with Gasteiger partial charge in [-0.15, -0.1) is 0 Å². The Bertz CT molecular complexity index is 1190. The monoisotopic (exact) mass is 399 g/mol. The predicted molar refractivity (Wildman–Crippen MR) is 105 cm³/mol. The SMILES string of the molecule is O=C(O)[C@H](Cc1nc2ccccc2c(=O)[nH]1)NS(=O)(=O)/C=C/c1ccccc1. The number of aromatic amines is 1. The number of fused-ring (bicyclic) bond motifs is 1. The molecule has 1 atom stereocenters. The van der Waals surface area contributed by atoms with Crippen molar-refractivity contribution in [1.29, 1.82) is 0 Å². The summed E-state index contributed by atoms with van der Waals surface area (Å²) >= 11 is 0. The molecular formula is C19H17N3O5S. The third-order valence-corrected chi connectivity index (χ3v) is 5.01. The Hall–Kier alpha value is -3.30. The first-order valence-corrected chi connectivity index (χ1v) is 9.85. The van der Waals surface area contributed by atoms with Crippen LogP contribution in [0.25, 0.3) is 17.0 Å². The van der Waals surface area contributed by atoms with Crippen LogP contribution in [0.3, 0.4) is 0 Å². The molecule has 0 saturated heterocycles. The summed E-state index contributed by atoms with van der Waals surface area (Å²) in [5.41, 5.74) is 0.633. The summed E-state index contributed by atoms with van der Waals surface area (Å²) < 4.78 is 26.6. The Morgan fingerprint density at radius 1 is 1.14 bits per heavy atom. The number of H-pyrrole nitrogens is 1. The minimum Gasteiger partial charge on any atom is -0.480 e. The van der Waals surface area contributed by atoms with Crippen molar-refractivity contribution in [2.75, 3.05) is 0 Å². The fourth-order valence-electron chi connectivity index (χ4n) is 2.57. The van der Waals surface area contributed by atoms with Gasteiger partial charge in [0.15, 0.2) is 0 Å².